The van der Waals surface area contributed by atoms with Gasteiger partial charge in [-0.2, -0.15) is 0 Å². The van der Waals surface area contributed by atoms with Crippen molar-refractivity contribution >= 4 is 107 Å². The van der Waals surface area contributed by atoms with Gasteiger partial charge in [-0.25, -0.2) is 9.59 Å². The van der Waals surface area contributed by atoms with Gasteiger partial charge in [0, 0.05) is 0 Å². The standard InChI is InChI=1S/C16H18O16.2Na.2H/c17-7(18)3-15(13(27)28,4-8(19)20)31-11(25)1-2-12(26)32-16(14(29)30,5-9(21)22)6-10(23)24;;;;/h1-6H2,(H,17,18)(H,19,20)(H,21,22)(H,23,24)(H,27,28)(H,29,30);;;;. The van der Waals surface area contributed by atoms with Crippen LogP contribution in [0.1, 0.15) is 38.5 Å². The summed E-state index contributed by atoms with van der Waals surface area (Å²) < 4.78 is 8.93. The Balaban J connectivity index is -0.00000480. The van der Waals surface area contributed by atoms with Crippen LogP contribution in [-0.2, 0) is 47.8 Å². The first-order chi connectivity index (χ1) is 14.5. The molecule has 0 aromatic carbocycles. The summed E-state index contributed by atoms with van der Waals surface area (Å²) in [6.07, 6.45) is -7.89. The van der Waals surface area contributed by atoms with Crippen LogP contribution in [0.5, 0.6) is 0 Å². The molecule has 0 atom stereocenters. The topological polar surface area (TPSA) is 276 Å². The fourth-order valence-corrected chi connectivity index (χ4v) is 2.38. The Morgan fingerprint density at radius 1 is 0.471 bits per heavy atom. The predicted octanol–water partition coefficient (Wildman–Crippen LogP) is -2.90. The second kappa shape index (κ2) is 15.6. The molecule has 0 saturated carbocycles. The van der Waals surface area contributed by atoms with E-state index >= 15 is 0 Å². The molecule has 0 aromatic heterocycles. The number of esters is 2. The zero-order valence-electron chi connectivity index (χ0n) is 16.0. The molecule has 18 heteroatoms. The summed E-state index contributed by atoms with van der Waals surface area (Å²) in [7, 11) is 0. The molecule has 0 fully saturated rings. The van der Waals surface area contributed by atoms with Crippen LogP contribution in [0.2, 0.25) is 0 Å². The van der Waals surface area contributed by atoms with Crippen molar-refractivity contribution in [2.24, 2.45) is 0 Å². The molecular weight excluding hydrogens is 494 g/mol. The third kappa shape index (κ3) is 12.3. The molecule has 0 aliphatic heterocycles. The molecule has 0 aliphatic carbocycles. The zero-order chi connectivity index (χ0) is 25.3. The Morgan fingerprint density at radius 2 is 0.676 bits per heavy atom. The molecule has 0 aliphatic rings. The van der Waals surface area contributed by atoms with Crippen LogP contribution in [0.25, 0.3) is 0 Å². The number of carbonyl (C=O) groups is 8. The average Bonchev–Trinajstić information content (AvgIpc) is 2.57. The third-order valence-corrected chi connectivity index (χ3v) is 3.68. The first-order valence-electron chi connectivity index (χ1n) is 8.33. The van der Waals surface area contributed by atoms with Crippen LogP contribution in [0.4, 0.5) is 0 Å². The molecule has 0 spiro atoms. The molecule has 34 heavy (non-hydrogen) atoms. The molecule has 0 aromatic rings. The SMILES string of the molecule is O=C(O)CC(CC(=O)O)(OC(=O)CCC(=O)OC(CC(=O)O)(CC(=O)O)C(=O)O)C(=O)O.[NaH].[NaH]. The molecule has 0 rings (SSSR count). The number of hydrogen-bond donors (Lipinski definition) is 6. The predicted molar refractivity (Wildman–Crippen MR) is 105 cm³/mol. The molecule has 0 amide bonds. The van der Waals surface area contributed by atoms with E-state index in [1.165, 1.54) is 0 Å². The van der Waals surface area contributed by atoms with E-state index < -0.39 is 97.5 Å². The van der Waals surface area contributed by atoms with Gasteiger partial charge < -0.3 is 40.1 Å². The van der Waals surface area contributed by atoms with Crippen molar-refractivity contribution < 1.29 is 78.5 Å². The monoisotopic (exact) mass is 514 g/mol. The molecule has 6 N–H and O–H groups in total. The van der Waals surface area contributed by atoms with Crippen molar-refractivity contribution in [2.75, 3.05) is 0 Å². The van der Waals surface area contributed by atoms with Crippen LogP contribution in [0.3, 0.4) is 0 Å². The van der Waals surface area contributed by atoms with Gasteiger partial charge >= 0.3 is 107 Å². The number of ether oxygens (including phenoxy) is 2. The van der Waals surface area contributed by atoms with Crippen molar-refractivity contribution in [3.8, 4) is 0 Å². The Hall–Kier alpha value is -2.24. The van der Waals surface area contributed by atoms with Crippen molar-refractivity contribution in [2.45, 2.75) is 49.7 Å². The van der Waals surface area contributed by atoms with E-state index in [-0.39, 0.29) is 59.1 Å². The summed E-state index contributed by atoms with van der Waals surface area (Å²) in [6, 6.07) is 0. The summed E-state index contributed by atoms with van der Waals surface area (Å²) in [6.45, 7) is 0. The summed E-state index contributed by atoms with van der Waals surface area (Å²) in [5.41, 5.74) is -6.04. The van der Waals surface area contributed by atoms with Crippen molar-refractivity contribution in [1.82, 2.24) is 0 Å². The summed E-state index contributed by atoms with van der Waals surface area (Å²) in [5.74, 6) is -14.7. The summed E-state index contributed by atoms with van der Waals surface area (Å²) >= 11 is 0. The van der Waals surface area contributed by atoms with Crippen LogP contribution in [0, 0.1) is 0 Å². The molecule has 182 valence electrons. The molecule has 0 heterocycles. The van der Waals surface area contributed by atoms with Crippen molar-refractivity contribution in [1.29, 1.82) is 0 Å². The minimum absolute atomic E-state index is 0. The van der Waals surface area contributed by atoms with E-state index in [0.29, 0.717) is 0 Å². The van der Waals surface area contributed by atoms with E-state index in [0.717, 1.165) is 0 Å². The maximum atomic E-state index is 11.9. The molecule has 0 bridgehead atoms. The van der Waals surface area contributed by atoms with Crippen LogP contribution >= 0.6 is 0 Å². The summed E-state index contributed by atoms with van der Waals surface area (Å²) in [5, 5.41) is 53.5. The average molecular weight is 514 g/mol. The molecule has 0 unspecified atom stereocenters. The van der Waals surface area contributed by atoms with Gasteiger partial charge in [0.05, 0.1) is 38.5 Å². The fourth-order valence-electron chi connectivity index (χ4n) is 2.38. The van der Waals surface area contributed by atoms with Crippen LogP contribution in [-0.4, -0.2) is 149 Å². The number of aliphatic carboxylic acids is 6. The molecule has 16 nitrogen and oxygen atoms in total. The Morgan fingerprint density at radius 3 is 0.824 bits per heavy atom. The quantitative estimate of drug-likeness (QED) is 0.0944. The van der Waals surface area contributed by atoms with E-state index in [1.54, 1.807) is 0 Å². The van der Waals surface area contributed by atoms with Crippen molar-refractivity contribution in [3.63, 3.8) is 0 Å². The third-order valence-electron chi connectivity index (χ3n) is 3.68. The van der Waals surface area contributed by atoms with Crippen LogP contribution < -0.4 is 0 Å². The normalized spacial score (nSPS) is 10.5. The molecular formula is C16H20Na2O16. The molecule has 0 radical (unpaired) electrons. The van der Waals surface area contributed by atoms with Gasteiger partial charge in [0.15, 0.2) is 0 Å². The Kier molecular flexibility index (Phi) is 16.7. The number of rotatable bonds is 15. The van der Waals surface area contributed by atoms with Gasteiger partial charge in [0.25, 0.3) is 0 Å². The van der Waals surface area contributed by atoms with Gasteiger partial charge in [-0.3, -0.25) is 28.8 Å². The van der Waals surface area contributed by atoms with Gasteiger partial charge in [-0.1, -0.05) is 0 Å². The van der Waals surface area contributed by atoms with Gasteiger partial charge in [0.1, 0.15) is 0 Å². The van der Waals surface area contributed by atoms with E-state index in [9.17, 15) is 38.4 Å². The number of hydrogen-bond acceptors (Lipinski definition) is 10. The Bertz CT molecular complexity index is 735. The van der Waals surface area contributed by atoms with E-state index in [1.807, 2.05) is 0 Å². The van der Waals surface area contributed by atoms with Gasteiger partial charge in [-0.15, -0.1) is 0 Å². The van der Waals surface area contributed by atoms with E-state index in [4.69, 9.17) is 30.6 Å². The van der Waals surface area contributed by atoms with Gasteiger partial charge in [0.2, 0.25) is 11.2 Å². The molecule has 0 saturated heterocycles. The number of carbonyl (C=O) groups excluding carboxylic acids is 2. The van der Waals surface area contributed by atoms with Crippen LogP contribution in [0.15, 0.2) is 0 Å². The first-order valence-corrected chi connectivity index (χ1v) is 8.33. The number of carboxylic acid groups (broad SMARTS) is 6. The second-order valence-corrected chi connectivity index (χ2v) is 6.33. The minimum atomic E-state index is -3.02. The maximum absolute atomic E-state index is 11.9. The first kappa shape index (κ1) is 36.3. The van der Waals surface area contributed by atoms with Gasteiger partial charge in [-0.05, 0) is 0 Å². The van der Waals surface area contributed by atoms with Crippen molar-refractivity contribution in [3.05, 3.63) is 0 Å². The van der Waals surface area contributed by atoms with E-state index in [2.05, 4.69) is 9.47 Å². The zero-order valence-corrected chi connectivity index (χ0v) is 16.0. The fraction of sp³-hybridized carbons (Fsp3) is 0.500. The summed E-state index contributed by atoms with van der Waals surface area (Å²) in [4.78, 5) is 90.0. The Labute approximate surface area is 233 Å². The second-order valence-electron chi connectivity index (χ2n) is 6.33. The number of carboxylic acids is 6.